The second kappa shape index (κ2) is 6.39. The topological polar surface area (TPSA) is 92.3 Å². The van der Waals surface area contributed by atoms with Crippen LogP contribution in [0.3, 0.4) is 0 Å². The summed E-state index contributed by atoms with van der Waals surface area (Å²) in [4.78, 5) is 23.4. The van der Waals surface area contributed by atoms with Crippen molar-refractivity contribution in [1.29, 1.82) is 5.26 Å². The number of ether oxygens (including phenoxy) is 1. The van der Waals surface area contributed by atoms with E-state index in [0.29, 0.717) is 11.3 Å². The Labute approximate surface area is 120 Å². The summed E-state index contributed by atoms with van der Waals surface area (Å²) in [7, 11) is 0. The van der Waals surface area contributed by atoms with Gasteiger partial charge in [-0.2, -0.15) is 5.26 Å². The standard InChI is InChI=1S/C15H12N2O4/c1-10(9-16)21-15(19)11-4-6-12(7-5-11)17-14(18)13-3-2-8-20-13/h2-8,10H,1H3,(H,17,18)/t10-/m1/s1. The Kier molecular flexibility index (Phi) is 4.36. The van der Waals surface area contributed by atoms with E-state index in [1.807, 2.05) is 6.07 Å². The van der Waals surface area contributed by atoms with Gasteiger partial charge >= 0.3 is 5.97 Å². The van der Waals surface area contributed by atoms with Gasteiger partial charge in [-0.1, -0.05) is 0 Å². The summed E-state index contributed by atoms with van der Waals surface area (Å²) >= 11 is 0. The average molecular weight is 284 g/mol. The molecule has 1 N–H and O–H groups in total. The largest absolute Gasteiger partial charge is 0.459 e. The fraction of sp³-hybridized carbons (Fsp3) is 0.133. The van der Waals surface area contributed by atoms with Crippen LogP contribution < -0.4 is 5.32 Å². The number of anilines is 1. The quantitative estimate of drug-likeness (QED) is 0.871. The summed E-state index contributed by atoms with van der Waals surface area (Å²) in [5.74, 6) is -0.775. The number of hydrogen-bond acceptors (Lipinski definition) is 5. The Balaban J connectivity index is 2.01. The second-order valence-corrected chi connectivity index (χ2v) is 4.19. The van der Waals surface area contributed by atoms with E-state index < -0.39 is 12.1 Å². The number of nitrogens with zero attached hydrogens (tertiary/aromatic N) is 1. The molecule has 21 heavy (non-hydrogen) atoms. The first kappa shape index (κ1) is 14.3. The van der Waals surface area contributed by atoms with Crippen LogP contribution in [0.4, 0.5) is 5.69 Å². The normalized spacial score (nSPS) is 11.2. The molecule has 1 aromatic heterocycles. The van der Waals surface area contributed by atoms with Gasteiger partial charge in [0.25, 0.3) is 5.91 Å². The number of rotatable bonds is 4. The van der Waals surface area contributed by atoms with E-state index in [1.54, 1.807) is 24.3 Å². The predicted molar refractivity (Wildman–Crippen MR) is 73.6 cm³/mol. The lowest BCUT2D eigenvalue weighted by molar-refractivity contribution is 0.0435. The zero-order valence-electron chi connectivity index (χ0n) is 11.2. The maximum absolute atomic E-state index is 11.7. The van der Waals surface area contributed by atoms with Crippen LogP contribution in [0.1, 0.15) is 27.8 Å². The first-order chi connectivity index (χ1) is 10.1. The van der Waals surface area contributed by atoms with Crippen LogP contribution in [0.15, 0.2) is 47.1 Å². The molecule has 0 fully saturated rings. The number of furan rings is 1. The highest BCUT2D eigenvalue weighted by Crippen LogP contribution is 2.13. The fourth-order valence-corrected chi connectivity index (χ4v) is 1.55. The number of carbonyl (C=O) groups excluding carboxylic acids is 2. The van der Waals surface area contributed by atoms with Crippen molar-refractivity contribution in [3.8, 4) is 6.07 Å². The van der Waals surface area contributed by atoms with Gasteiger partial charge in [-0.15, -0.1) is 0 Å². The number of benzene rings is 1. The molecule has 2 rings (SSSR count). The molecule has 0 unspecified atom stereocenters. The summed E-state index contributed by atoms with van der Waals surface area (Å²) in [6.45, 7) is 1.48. The third kappa shape index (κ3) is 3.70. The van der Waals surface area contributed by atoms with Crippen molar-refractivity contribution in [1.82, 2.24) is 0 Å². The summed E-state index contributed by atoms with van der Waals surface area (Å²) in [6.07, 6.45) is 0.598. The predicted octanol–water partition coefficient (Wildman–Crippen LogP) is 2.60. The minimum absolute atomic E-state index is 0.196. The summed E-state index contributed by atoms with van der Waals surface area (Å²) in [5.41, 5.74) is 0.814. The Bertz CT molecular complexity index is 669. The first-order valence-electron chi connectivity index (χ1n) is 6.15. The molecule has 1 aromatic carbocycles. The number of nitriles is 1. The highest BCUT2D eigenvalue weighted by atomic mass is 16.5. The zero-order valence-corrected chi connectivity index (χ0v) is 11.2. The van der Waals surface area contributed by atoms with E-state index in [2.05, 4.69) is 5.32 Å². The Morgan fingerprint density at radius 1 is 1.29 bits per heavy atom. The van der Waals surface area contributed by atoms with Crippen molar-refractivity contribution in [3.05, 3.63) is 54.0 Å². The molecule has 1 atom stereocenters. The van der Waals surface area contributed by atoms with E-state index in [0.717, 1.165) is 0 Å². The molecule has 2 aromatic rings. The number of carbonyl (C=O) groups is 2. The van der Waals surface area contributed by atoms with Crippen molar-refractivity contribution in [2.24, 2.45) is 0 Å². The van der Waals surface area contributed by atoms with E-state index in [4.69, 9.17) is 14.4 Å². The minimum Gasteiger partial charge on any atom is -0.459 e. The molecule has 0 aliphatic heterocycles. The Morgan fingerprint density at radius 3 is 2.57 bits per heavy atom. The fourth-order valence-electron chi connectivity index (χ4n) is 1.55. The van der Waals surface area contributed by atoms with E-state index >= 15 is 0 Å². The molecule has 0 saturated carbocycles. The van der Waals surface area contributed by atoms with Crippen molar-refractivity contribution < 1.29 is 18.7 Å². The van der Waals surface area contributed by atoms with Crippen LogP contribution in [0.5, 0.6) is 0 Å². The van der Waals surface area contributed by atoms with Gasteiger partial charge in [0.1, 0.15) is 6.07 Å². The molecule has 0 radical (unpaired) electrons. The van der Waals surface area contributed by atoms with Crippen LogP contribution >= 0.6 is 0 Å². The van der Waals surface area contributed by atoms with Crippen LogP contribution in [-0.4, -0.2) is 18.0 Å². The van der Waals surface area contributed by atoms with E-state index in [-0.39, 0.29) is 11.7 Å². The lowest BCUT2D eigenvalue weighted by Crippen LogP contribution is -2.13. The molecule has 106 valence electrons. The molecule has 1 amide bonds. The van der Waals surface area contributed by atoms with Crippen LogP contribution in [0.2, 0.25) is 0 Å². The van der Waals surface area contributed by atoms with Crippen LogP contribution in [0, 0.1) is 11.3 Å². The van der Waals surface area contributed by atoms with Gasteiger partial charge in [-0.3, -0.25) is 4.79 Å². The molecule has 0 aliphatic rings. The Morgan fingerprint density at radius 2 is 2.00 bits per heavy atom. The average Bonchev–Trinajstić information content (AvgIpc) is 3.02. The molecule has 0 aliphatic carbocycles. The first-order valence-corrected chi connectivity index (χ1v) is 6.15. The molecule has 0 spiro atoms. The second-order valence-electron chi connectivity index (χ2n) is 4.19. The lowest BCUT2D eigenvalue weighted by Gasteiger charge is -2.07. The van der Waals surface area contributed by atoms with Gasteiger partial charge in [0.2, 0.25) is 0 Å². The molecule has 6 nitrogen and oxygen atoms in total. The molecule has 1 heterocycles. The monoisotopic (exact) mass is 284 g/mol. The molecular formula is C15H12N2O4. The molecule has 0 saturated heterocycles. The van der Waals surface area contributed by atoms with Crippen molar-refractivity contribution in [2.45, 2.75) is 13.0 Å². The number of esters is 1. The van der Waals surface area contributed by atoms with Crippen molar-refractivity contribution >= 4 is 17.6 Å². The summed E-state index contributed by atoms with van der Waals surface area (Å²) in [5, 5.41) is 11.2. The SMILES string of the molecule is C[C@H](C#N)OC(=O)c1ccc(NC(=O)c2ccco2)cc1. The number of nitrogens with one attached hydrogen (secondary N) is 1. The van der Waals surface area contributed by atoms with Crippen LogP contribution in [0.25, 0.3) is 0 Å². The maximum atomic E-state index is 11.7. The third-order valence-electron chi connectivity index (χ3n) is 2.59. The van der Waals surface area contributed by atoms with E-state index in [9.17, 15) is 9.59 Å². The smallest absolute Gasteiger partial charge is 0.339 e. The zero-order chi connectivity index (χ0) is 15.2. The molecule has 6 heteroatoms. The van der Waals surface area contributed by atoms with Gasteiger partial charge < -0.3 is 14.5 Å². The molecular weight excluding hydrogens is 272 g/mol. The highest BCUT2D eigenvalue weighted by molar-refractivity contribution is 6.02. The van der Waals surface area contributed by atoms with Crippen LogP contribution in [-0.2, 0) is 4.74 Å². The maximum Gasteiger partial charge on any atom is 0.339 e. The van der Waals surface area contributed by atoms with Gasteiger partial charge in [-0.25, -0.2) is 4.79 Å². The number of hydrogen-bond donors (Lipinski definition) is 1. The Hall–Kier alpha value is -3.07. The number of amides is 1. The third-order valence-corrected chi connectivity index (χ3v) is 2.59. The van der Waals surface area contributed by atoms with Gasteiger partial charge in [0.05, 0.1) is 11.8 Å². The van der Waals surface area contributed by atoms with Crippen molar-refractivity contribution in [3.63, 3.8) is 0 Å². The highest BCUT2D eigenvalue weighted by Gasteiger charge is 2.12. The lowest BCUT2D eigenvalue weighted by atomic mass is 10.2. The van der Waals surface area contributed by atoms with E-state index in [1.165, 1.54) is 25.3 Å². The molecule has 0 bridgehead atoms. The van der Waals surface area contributed by atoms with Crippen molar-refractivity contribution in [2.75, 3.05) is 5.32 Å². The summed E-state index contributed by atoms with van der Waals surface area (Å²) < 4.78 is 9.83. The summed E-state index contributed by atoms with van der Waals surface area (Å²) in [6, 6.07) is 11.1. The minimum atomic E-state index is -0.809. The van der Waals surface area contributed by atoms with Gasteiger partial charge in [0.15, 0.2) is 11.9 Å². The van der Waals surface area contributed by atoms with Gasteiger partial charge in [-0.05, 0) is 43.3 Å². The van der Waals surface area contributed by atoms with Gasteiger partial charge in [0, 0.05) is 5.69 Å².